The molecule has 28 heavy (non-hydrogen) atoms. The lowest BCUT2D eigenvalue weighted by molar-refractivity contribution is 0.251. The van der Waals surface area contributed by atoms with Crippen LogP contribution in [0.4, 0.5) is 19.3 Å². The van der Waals surface area contributed by atoms with E-state index in [-0.39, 0.29) is 18.0 Å². The molecule has 6 nitrogen and oxygen atoms in total. The molecule has 2 amide bonds. The molecule has 0 saturated heterocycles. The van der Waals surface area contributed by atoms with Gasteiger partial charge in [0.2, 0.25) is 0 Å². The number of nitrogens with one attached hydrogen (secondary N) is 2. The fourth-order valence-corrected chi connectivity index (χ4v) is 2.68. The molecule has 0 aliphatic carbocycles. The molecule has 0 unspecified atom stereocenters. The third-order valence-corrected chi connectivity index (χ3v) is 4.01. The summed E-state index contributed by atoms with van der Waals surface area (Å²) in [7, 11) is 1.59. The molecule has 3 rings (SSSR count). The lowest BCUT2D eigenvalue weighted by atomic mass is 10.1. The molecule has 0 saturated carbocycles. The number of alkyl halides is 1. The van der Waals surface area contributed by atoms with Gasteiger partial charge in [-0.2, -0.15) is 0 Å². The van der Waals surface area contributed by atoms with E-state index in [0.29, 0.717) is 17.0 Å². The highest BCUT2D eigenvalue weighted by Crippen LogP contribution is 2.33. The van der Waals surface area contributed by atoms with Gasteiger partial charge in [-0.05, 0) is 36.8 Å². The van der Waals surface area contributed by atoms with Crippen LogP contribution in [-0.2, 0) is 0 Å². The van der Waals surface area contributed by atoms with Crippen molar-refractivity contribution in [2.75, 3.05) is 25.6 Å². The van der Waals surface area contributed by atoms with Crippen LogP contribution in [0, 0.1) is 12.7 Å². The number of halogens is 2. The summed E-state index contributed by atoms with van der Waals surface area (Å²) in [6, 6.07) is 8.75. The van der Waals surface area contributed by atoms with E-state index in [2.05, 4.69) is 15.6 Å². The van der Waals surface area contributed by atoms with Crippen molar-refractivity contribution in [1.29, 1.82) is 0 Å². The SMILES string of the molecule is COc1cc2nccc(Oc3ccc(NC(=O)NCCF)c(F)c3)c2cc1C. The summed E-state index contributed by atoms with van der Waals surface area (Å²) >= 11 is 0. The van der Waals surface area contributed by atoms with Gasteiger partial charge in [-0.1, -0.05) is 0 Å². The summed E-state index contributed by atoms with van der Waals surface area (Å²) in [4.78, 5) is 15.8. The molecule has 8 heteroatoms. The third-order valence-electron chi connectivity index (χ3n) is 4.01. The minimum atomic E-state index is -0.700. The van der Waals surface area contributed by atoms with Crippen molar-refractivity contribution in [3.63, 3.8) is 0 Å². The number of rotatable bonds is 6. The maximum Gasteiger partial charge on any atom is 0.319 e. The minimum absolute atomic E-state index is 0.0381. The van der Waals surface area contributed by atoms with Gasteiger partial charge in [-0.15, -0.1) is 0 Å². The zero-order chi connectivity index (χ0) is 20.1. The van der Waals surface area contributed by atoms with Gasteiger partial charge in [0.1, 0.15) is 29.7 Å². The molecule has 1 heterocycles. The molecule has 3 aromatic rings. The van der Waals surface area contributed by atoms with Gasteiger partial charge in [-0.25, -0.2) is 13.6 Å². The largest absolute Gasteiger partial charge is 0.496 e. The Balaban J connectivity index is 1.83. The summed E-state index contributed by atoms with van der Waals surface area (Å²) in [5, 5.41) is 5.33. The number of pyridine rings is 1. The van der Waals surface area contributed by atoms with Crippen molar-refractivity contribution in [2.24, 2.45) is 0 Å². The molecule has 0 radical (unpaired) electrons. The summed E-state index contributed by atoms with van der Waals surface area (Å²) in [6.45, 7) is 1.06. The fraction of sp³-hybridized carbons (Fsp3) is 0.200. The highest BCUT2D eigenvalue weighted by molar-refractivity contribution is 5.89. The predicted octanol–water partition coefficient (Wildman–Crippen LogP) is 4.57. The Morgan fingerprint density at radius 2 is 2.00 bits per heavy atom. The number of benzene rings is 2. The normalized spacial score (nSPS) is 10.6. The predicted molar refractivity (Wildman–Crippen MR) is 103 cm³/mol. The van der Waals surface area contributed by atoms with Crippen LogP contribution in [0.1, 0.15) is 5.56 Å². The molecule has 0 aliphatic rings. The maximum atomic E-state index is 14.3. The molecular formula is C20H19F2N3O3. The summed E-state index contributed by atoms with van der Waals surface area (Å²) < 4.78 is 37.5. The van der Waals surface area contributed by atoms with E-state index >= 15 is 0 Å². The van der Waals surface area contributed by atoms with Crippen LogP contribution >= 0.6 is 0 Å². The second-order valence-corrected chi connectivity index (χ2v) is 5.96. The van der Waals surface area contributed by atoms with Crippen LogP contribution in [0.15, 0.2) is 42.6 Å². The number of amides is 2. The van der Waals surface area contributed by atoms with Crippen molar-refractivity contribution in [1.82, 2.24) is 10.3 Å². The number of fused-ring (bicyclic) bond motifs is 1. The van der Waals surface area contributed by atoms with Crippen molar-refractivity contribution in [3.8, 4) is 17.2 Å². The van der Waals surface area contributed by atoms with Crippen molar-refractivity contribution in [2.45, 2.75) is 6.92 Å². The van der Waals surface area contributed by atoms with Crippen molar-refractivity contribution >= 4 is 22.6 Å². The van der Waals surface area contributed by atoms with E-state index in [1.165, 1.54) is 12.1 Å². The lowest BCUT2D eigenvalue weighted by Crippen LogP contribution is -2.30. The molecular weight excluding hydrogens is 368 g/mol. The number of carbonyl (C=O) groups is 1. The fourth-order valence-electron chi connectivity index (χ4n) is 2.68. The van der Waals surface area contributed by atoms with Crippen LogP contribution in [0.25, 0.3) is 10.9 Å². The van der Waals surface area contributed by atoms with Crippen molar-refractivity contribution in [3.05, 3.63) is 54.0 Å². The van der Waals surface area contributed by atoms with Gasteiger partial charge in [-0.3, -0.25) is 4.98 Å². The average Bonchev–Trinajstić information content (AvgIpc) is 2.68. The quantitative estimate of drug-likeness (QED) is 0.650. The second-order valence-electron chi connectivity index (χ2n) is 5.96. The molecule has 0 bridgehead atoms. The molecule has 0 atom stereocenters. The summed E-state index contributed by atoms with van der Waals surface area (Å²) in [5.41, 5.74) is 1.56. The maximum absolute atomic E-state index is 14.3. The number of methoxy groups -OCH3 is 1. The van der Waals surface area contributed by atoms with E-state index in [9.17, 15) is 13.6 Å². The number of hydrogen-bond donors (Lipinski definition) is 2. The Labute approximate surface area is 160 Å². The monoisotopic (exact) mass is 387 g/mol. The van der Waals surface area contributed by atoms with Crippen LogP contribution in [0.3, 0.4) is 0 Å². The number of ether oxygens (including phenoxy) is 2. The standard InChI is InChI=1S/C20H19F2N3O3/c1-12-9-14-17(11-19(12)27-2)23-7-5-18(14)28-13-3-4-16(15(22)10-13)25-20(26)24-8-6-21/h3-5,7,9-11H,6,8H2,1-2H3,(H2,24,25,26). The lowest BCUT2D eigenvalue weighted by Gasteiger charge is -2.12. The van der Waals surface area contributed by atoms with E-state index in [1.54, 1.807) is 25.4 Å². The number of aryl methyl sites for hydroxylation is 1. The van der Waals surface area contributed by atoms with Gasteiger partial charge in [0.25, 0.3) is 0 Å². The zero-order valence-corrected chi connectivity index (χ0v) is 15.4. The van der Waals surface area contributed by atoms with Gasteiger partial charge >= 0.3 is 6.03 Å². The van der Waals surface area contributed by atoms with Crippen LogP contribution in [-0.4, -0.2) is 31.3 Å². The van der Waals surface area contributed by atoms with Crippen LogP contribution < -0.4 is 20.1 Å². The number of anilines is 1. The van der Waals surface area contributed by atoms with Gasteiger partial charge < -0.3 is 20.1 Å². The summed E-state index contributed by atoms with van der Waals surface area (Å²) in [6.07, 6.45) is 1.59. The summed E-state index contributed by atoms with van der Waals surface area (Å²) in [5.74, 6) is 0.804. The molecule has 0 spiro atoms. The van der Waals surface area contributed by atoms with Gasteiger partial charge in [0.15, 0.2) is 0 Å². The Hall–Kier alpha value is -3.42. The van der Waals surface area contributed by atoms with E-state index < -0.39 is 18.5 Å². The van der Waals surface area contributed by atoms with Gasteiger partial charge in [0.05, 0.1) is 18.3 Å². The number of aromatic nitrogens is 1. The molecule has 1 aromatic heterocycles. The zero-order valence-electron chi connectivity index (χ0n) is 15.4. The first-order chi connectivity index (χ1) is 13.5. The number of carbonyl (C=O) groups excluding carboxylic acids is 1. The Bertz CT molecular complexity index is 1010. The third kappa shape index (κ3) is 4.28. The molecule has 0 aliphatic heterocycles. The average molecular weight is 387 g/mol. The molecule has 2 aromatic carbocycles. The minimum Gasteiger partial charge on any atom is -0.496 e. The topological polar surface area (TPSA) is 72.5 Å². The number of nitrogens with zero attached hydrogens (tertiary/aromatic N) is 1. The first kappa shape index (κ1) is 19.3. The van der Waals surface area contributed by atoms with Crippen LogP contribution in [0.5, 0.6) is 17.2 Å². The van der Waals surface area contributed by atoms with Crippen LogP contribution in [0.2, 0.25) is 0 Å². The van der Waals surface area contributed by atoms with E-state index in [0.717, 1.165) is 17.0 Å². The number of hydrogen-bond acceptors (Lipinski definition) is 4. The number of urea groups is 1. The Morgan fingerprint density at radius 3 is 2.71 bits per heavy atom. The molecule has 0 fully saturated rings. The first-order valence-electron chi connectivity index (χ1n) is 8.53. The van der Waals surface area contributed by atoms with Crippen molar-refractivity contribution < 1.29 is 23.0 Å². The Kier molecular flexibility index (Phi) is 5.88. The van der Waals surface area contributed by atoms with E-state index in [4.69, 9.17) is 9.47 Å². The highest BCUT2D eigenvalue weighted by Gasteiger charge is 2.11. The smallest absolute Gasteiger partial charge is 0.319 e. The Morgan fingerprint density at radius 1 is 1.18 bits per heavy atom. The van der Waals surface area contributed by atoms with E-state index in [1.807, 2.05) is 13.0 Å². The van der Waals surface area contributed by atoms with Gasteiger partial charge in [0, 0.05) is 30.3 Å². The molecule has 2 N–H and O–H groups in total. The molecule has 146 valence electrons. The first-order valence-corrected chi connectivity index (χ1v) is 8.53. The second kappa shape index (κ2) is 8.51. The highest BCUT2D eigenvalue weighted by atomic mass is 19.1.